The molecule has 0 spiro atoms. The maximum atomic E-state index is 12.5. The second kappa shape index (κ2) is 12.3. The maximum absolute atomic E-state index is 12.5. The van der Waals surface area contributed by atoms with E-state index in [1.807, 2.05) is 20.8 Å². The Balaban J connectivity index is 0.00000392. The van der Waals surface area contributed by atoms with Crippen molar-refractivity contribution in [3.05, 3.63) is 21.9 Å². The number of hydrogen-bond donors (Lipinski definition) is 1. The average molecular weight is 545 g/mol. The Morgan fingerprint density at radius 3 is 2.54 bits per heavy atom. The van der Waals surface area contributed by atoms with Crippen molar-refractivity contribution in [1.29, 1.82) is 0 Å². The zero-order valence-corrected chi connectivity index (χ0v) is 21.1. The summed E-state index contributed by atoms with van der Waals surface area (Å²) in [5.41, 5.74) is 1.26. The van der Waals surface area contributed by atoms with Crippen LogP contribution in [0.5, 0.6) is 0 Å². The van der Waals surface area contributed by atoms with Crippen LogP contribution in [0.15, 0.2) is 16.4 Å². The molecule has 1 aliphatic rings. The van der Waals surface area contributed by atoms with Crippen molar-refractivity contribution in [2.45, 2.75) is 40.3 Å². The van der Waals surface area contributed by atoms with E-state index in [1.54, 1.807) is 15.6 Å². The van der Waals surface area contributed by atoms with Crippen molar-refractivity contribution in [2.24, 2.45) is 4.99 Å². The first-order valence-electron chi connectivity index (χ1n) is 9.49. The van der Waals surface area contributed by atoms with Crippen molar-refractivity contribution in [2.75, 3.05) is 45.1 Å². The van der Waals surface area contributed by atoms with E-state index >= 15 is 0 Å². The number of halogens is 1. The van der Waals surface area contributed by atoms with Gasteiger partial charge in [-0.2, -0.15) is 4.31 Å². The highest BCUT2D eigenvalue weighted by Gasteiger charge is 2.28. The van der Waals surface area contributed by atoms with Crippen LogP contribution in [0.2, 0.25) is 0 Å². The third kappa shape index (κ3) is 7.77. The van der Waals surface area contributed by atoms with Crippen LogP contribution < -0.4 is 5.32 Å². The molecule has 10 heteroatoms. The van der Waals surface area contributed by atoms with Crippen LogP contribution in [-0.2, 0) is 21.3 Å². The van der Waals surface area contributed by atoms with E-state index in [-0.39, 0.29) is 42.4 Å². The molecule has 0 aromatic carbocycles. The highest BCUT2D eigenvalue weighted by atomic mass is 127. The number of ether oxygens (including phenoxy) is 1. The summed E-state index contributed by atoms with van der Waals surface area (Å²) in [7, 11) is -3.27. The number of nitrogens with one attached hydrogen (secondary N) is 1. The molecule has 1 fully saturated rings. The van der Waals surface area contributed by atoms with E-state index in [4.69, 9.17) is 9.73 Å². The number of piperazine rings is 1. The standard InChI is InChI=1S/C18H32N4O3S2.HI/c1-5-19-18(20-14-17-16(4)6-12-26-17)21-7-9-22(10-8-21)27(23,24)13-11-25-15(2)3;/h6,12,15H,5,7-11,13-14H2,1-4H3,(H,19,20);1H. The zero-order chi connectivity index (χ0) is 19.9. The molecule has 1 aliphatic heterocycles. The lowest BCUT2D eigenvalue weighted by Crippen LogP contribution is -2.54. The predicted octanol–water partition coefficient (Wildman–Crippen LogP) is 2.51. The van der Waals surface area contributed by atoms with Gasteiger partial charge in [0.2, 0.25) is 10.0 Å². The Hall–Kier alpha value is -0.430. The molecular weight excluding hydrogens is 511 g/mol. The van der Waals surface area contributed by atoms with Gasteiger partial charge in [0.15, 0.2) is 5.96 Å². The van der Waals surface area contributed by atoms with Crippen molar-refractivity contribution in [3.8, 4) is 0 Å². The van der Waals surface area contributed by atoms with Crippen molar-refractivity contribution >= 4 is 51.3 Å². The van der Waals surface area contributed by atoms with E-state index in [0.717, 1.165) is 12.5 Å². The molecule has 28 heavy (non-hydrogen) atoms. The molecule has 1 aromatic rings. The number of aliphatic imine (C=N–C) groups is 1. The minimum absolute atomic E-state index is 0. The summed E-state index contributed by atoms with van der Waals surface area (Å²) in [5, 5.41) is 5.41. The predicted molar refractivity (Wildman–Crippen MR) is 127 cm³/mol. The Labute approximate surface area is 190 Å². The first kappa shape index (κ1) is 25.6. The van der Waals surface area contributed by atoms with Crippen LogP contribution in [0.1, 0.15) is 31.2 Å². The van der Waals surface area contributed by atoms with Crippen LogP contribution >= 0.6 is 35.3 Å². The van der Waals surface area contributed by atoms with Crippen molar-refractivity contribution in [1.82, 2.24) is 14.5 Å². The fourth-order valence-electron chi connectivity index (χ4n) is 2.83. The van der Waals surface area contributed by atoms with Crippen molar-refractivity contribution < 1.29 is 13.2 Å². The second-order valence-electron chi connectivity index (χ2n) is 6.82. The molecule has 2 heterocycles. The van der Waals surface area contributed by atoms with E-state index in [9.17, 15) is 8.42 Å². The summed E-state index contributed by atoms with van der Waals surface area (Å²) in [5.74, 6) is 0.891. The van der Waals surface area contributed by atoms with E-state index in [0.29, 0.717) is 32.7 Å². The lowest BCUT2D eigenvalue weighted by molar-refractivity contribution is 0.0904. The summed E-state index contributed by atoms with van der Waals surface area (Å²) in [6, 6.07) is 2.11. The van der Waals surface area contributed by atoms with Crippen LogP contribution in [0.4, 0.5) is 0 Å². The summed E-state index contributed by atoms with van der Waals surface area (Å²) in [6.45, 7) is 11.9. The van der Waals surface area contributed by atoms with Gasteiger partial charge in [-0.1, -0.05) is 0 Å². The fourth-order valence-corrected chi connectivity index (χ4v) is 4.95. The van der Waals surface area contributed by atoms with Crippen molar-refractivity contribution in [3.63, 3.8) is 0 Å². The smallest absolute Gasteiger partial charge is 0.216 e. The SMILES string of the molecule is CCNC(=NCc1sccc1C)N1CCN(S(=O)(=O)CCOC(C)C)CC1.I. The topological polar surface area (TPSA) is 74.2 Å². The number of rotatable bonds is 8. The molecule has 1 saturated heterocycles. The molecule has 0 radical (unpaired) electrons. The van der Waals surface area contributed by atoms with Gasteiger partial charge < -0.3 is 15.0 Å². The van der Waals surface area contributed by atoms with Gasteiger partial charge >= 0.3 is 0 Å². The van der Waals surface area contributed by atoms with Gasteiger partial charge in [0.1, 0.15) is 0 Å². The molecule has 0 amide bonds. The van der Waals surface area contributed by atoms with E-state index < -0.39 is 10.0 Å². The Kier molecular flexibility index (Phi) is 11.3. The Morgan fingerprint density at radius 2 is 2.00 bits per heavy atom. The lowest BCUT2D eigenvalue weighted by atomic mass is 10.3. The first-order valence-corrected chi connectivity index (χ1v) is 12.0. The van der Waals surface area contributed by atoms with Gasteiger partial charge in [0, 0.05) is 37.6 Å². The zero-order valence-electron chi connectivity index (χ0n) is 17.2. The van der Waals surface area contributed by atoms with Crippen LogP contribution in [0.25, 0.3) is 0 Å². The fraction of sp³-hybridized carbons (Fsp3) is 0.722. The summed E-state index contributed by atoms with van der Waals surface area (Å²) < 4.78 is 31.9. The van der Waals surface area contributed by atoms with E-state index in [2.05, 4.69) is 28.6 Å². The minimum atomic E-state index is -3.27. The third-order valence-electron chi connectivity index (χ3n) is 4.40. The monoisotopic (exact) mass is 544 g/mol. The van der Waals surface area contributed by atoms with Gasteiger partial charge in [-0.25, -0.2) is 13.4 Å². The summed E-state index contributed by atoms with van der Waals surface area (Å²) in [4.78, 5) is 8.15. The quantitative estimate of drug-likeness (QED) is 0.310. The molecule has 1 N–H and O–H groups in total. The number of aryl methyl sites for hydroxylation is 1. The lowest BCUT2D eigenvalue weighted by Gasteiger charge is -2.35. The molecule has 0 unspecified atom stereocenters. The number of hydrogen-bond acceptors (Lipinski definition) is 5. The number of nitrogens with zero attached hydrogens (tertiary/aromatic N) is 3. The van der Waals surface area contributed by atoms with Gasteiger partial charge in [-0.15, -0.1) is 35.3 Å². The van der Waals surface area contributed by atoms with Gasteiger partial charge in [0.05, 0.1) is 25.0 Å². The highest BCUT2D eigenvalue weighted by molar-refractivity contribution is 14.0. The molecule has 0 saturated carbocycles. The van der Waals surface area contributed by atoms with E-state index in [1.165, 1.54) is 10.4 Å². The van der Waals surface area contributed by atoms with Crippen LogP contribution in [-0.4, -0.2) is 74.8 Å². The molecule has 1 aromatic heterocycles. The first-order chi connectivity index (χ1) is 12.8. The van der Waals surface area contributed by atoms with Crippen LogP contribution in [0, 0.1) is 6.92 Å². The number of thiophene rings is 1. The van der Waals surface area contributed by atoms with Crippen LogP contribution in [0.3, 0.4) is 0 Å². The molecule has 2 rings (SSSR count). The average Bonchev–Trinajstić information content (AvgIpc) is 3.03. The summed E-state index contributed by atoms with van der Waals surface area (Å²) in [6.07, 6.45) is 0.0444. The largest absolute Gasteiger partial charge is 0.378 e. The third-order valence-corrected chi connectivity index (χ3v) is 7.24. The van der Waals surface area contributed by atoms with Gasteiger partial charge in [-0.3, -0.25) is 0 Å². The normalized spacial score (nSPS) is 16.3. The van der Waals surface area contributed by atoms with Gasteiger partial charge in [-0.05, 0) is 44.7 Å². The highest BCUT2D eigenvalue weighted by Crippen LogP contribution is 2.17. The number of guanidine groups is 1. The molecule has 0 bridgehead atoms. The summed E-state index contributed by atoms with van der Waals surface area (Å²) >= 11 is 1.72. The van der Waals surface area contributed by atoms with Gasteiger partial charge in [0.25, 0.3) is 0 Å². The second-order valence-corrected chi connectivity index (χ2v) is 9.91. The molecule has 7 nitrogen and oxygen atoms in total. The Morgan fingerprint density at radius 1 is 1.32 bits per heavy atom. The molecule has 0 aliphatic carbocycles. The molecular formula is C18H33IN4O3S2. The minimum Gasteiger partial charge on any atom is -0.378 e. The maximum Gasteiger partial charge on any atom is 0.216 e. The Bertz CT molecular complexity index is 714. The number of sulfonamides is 1. The molecule has 0 atom stereocenters. The molecule has 162 valence electrons.